The fraction of sp³-hybridized carbons (Fsp3) is 0.324. The van der Waals surface area contributed by atoms with Crippen LogP contribution >= 0.6 is 11.3 Å². The molecule has 0 aliphatic carbocycles. The van der Waals surface area contributed by atoms with Gasteiger partial charge in [-0.15, -0.1) is 11.3 Å². The first-order valence-corrected chi connectivity index (χ1v) is 16.9. The Morgan fingerprint density at radius 1 is 1.15 bits per heavy atom. The Bertz CT molecular complexity index is 2080. The van der Waals surface area contributed by atoms with E-state index in [1.54, 1.807) is 4.90 Å². The number of aromatic nitrogens is 3. The summed E-state index contributed by atoms with van der Waals surface area (Å²) in [6.07, 6.45) is 2.21. The molecule has 0 saturated heterocycles. The SMILES string of the molecule is C=CC(=O)N1CCn2nc(-c3nc(-c4ccc5c(c4)CCNC5(C)C)c4ccsc4c3-c3c(F)cc(F)cc3OCCOC)cc2C1C.[HH]. The number of halogens is 2. The van der Waals surface area contributed by atoms with Crippen LogP contribution in [0.25, 0.3) is 43.9 Å². The summed E-state index contributed by atoms with van der Waals surface area (Å²) >= 11 is 1.46. The highest BCUT2D eigenvalue weighted by Gasteiger charge is 2.32. The van der Waals surface area contributed by atoms with Crippen LogP contribution in [0.1, 0.15) is 45.1 Å². The number of hydrogen-bond donors (Lipinski definition) is 1. The van der Waals surface area contributed by atoms with Gasteiger partial charge in [0, 0.05) is 54.0 Å². The molecule has 7 rings (SSSR count). The molecular weight excluding hydrogens is 633 g/mol. The fourth-order valence-corrected chi connectivity index (χ4v) is 7.95. The van der Waals surface area contributed by atoms with Crippen molar-refractivity contribution in [3.8, 4) is 39.5 Å². The number of nitrogens with one attached hydrogen (secondary N) is 1. The first kappa shape index (κ1) is 32.1. The minimum Gasteiger partial charge on any atom is -0.490 e. The summed E-state index contributed by atoms with van der Waals surface area (Å²) in [6, 6.07) is 12.2. The van der Waals surface area contributed by atoms with Crippen molar-refractivity contribution in [2.24, 2.45) is 0 Å². The number of amides is 1. The molecule has 0 bridgehead atoms. The predicted molar refractivity (Wildman–Crippen MR) is 186 cm³/mol. The molecule has 8 nitrogen and oxygen atoms in total. The van der Waals surface area contributed by atoms with E-state index in [0.717, 1.165) is 46.1 Å². The summed E-state index contributed by atoms with van der Waals surface area (Å²) in [5.41, 5.74) is 6.40. The highest BCUT2D eigenvalue weighted by Crippen LogP contribution is 2.48. The summed E-state index contributed by atoms with van der Waals surface area (Å²) in [6.45, 7) is 12.1. The maximum atomic E-state index is 16.1. The number of carbonyl (C=O) groups excluding carboxylic acids is 1. The van der Waals surface area contributed by atoms with E-state index < -0.39 is 11.6 Å². The second-order valence-corrected chi connectivity index (χ2v) is 13.6. The van der Waals surface area contributed by atoms with E-state index in [9.17, 15) is 9.18 Å². The van der Waals surface area contributed by atoms with Gasteiger partial charge >= 0.3 is 0 Å². The standard InChI is InChI=1S/C37H37F2N5O3S.H2/c1-6-31(45)43-12-13-44-29(21(43)2)20-28(42-44)35-33(32-27(39)18-24(38)19-30(32)47-15-14-46-5)36-25(10-16-48-36)34(41-35)23-7-8-26-22(17-23)9-11-40-37(26,3)4;/h6-8,10,16-21,40H,1,9,11-15H2,2-5H3;1H. The molecule has 1 atom stereocenters. The first-order valence-electron chi connectivity index (χ1n) is 16.0. The zero-order valence-corrected chi connectivity index (χ0v) is 28.2. The summed E-state index contributed by atoms with van der Waals surface area (Å²) in [4.78, 5) is 19.7. The number of thiophene rings is 1. The lowest BCUT2D eigenvalue weighted by atomic mass is 9.84. The van der Waals surface area contributed by atoms with Crippen LogP contribution in [-0.2, 0) is 28.0 Å². The number of hydrogen-bond acceptors (Lipinski definition) is 7. The van der Waals surface area contributed by atoms with Crippen molar-refractivity contribution in [3.05, 3.63) is 89.0 Å². The number of ether oxygens (including phenoxy) is 2. The summed E-state index contributed by atoms with van der Waals surface area (Å²) in [7, 11) is 1.54. The normalized spacial score (nSPS) is 16.9. The van der Waals surface area contributed by atoms with Crippen LogP contribution in [0.4, 0.5) is 8.78 Å². The molecule has 0 spiro atoms. The molecule has 5 aromatic rings. The monoisotopic (exact) mass is 671 g/mol. The molecule has 11 heteroatoms. The number of nitrogens with zero attached hydrogens (tertiary/aromatic N) is 4. The number of pyridine rings is 1. The van der Waals surface area contributed by atoms with E-state index in [1.807, 2.05) is 29.1 Å². The lowest BCUT2D eigenvalue weighted by Crippen LogP contribution is -2.42. The molecular formula is C37H39F2N5O3S. The number of carbonyl (C=O) groups is 1. The van der Waals surface area contributed by atoms with Gasteiger partial charge in [0.05, 0.1) is 36.1 Å². The van der Waals surface area contributed by atoms with Crippen LogP contribution < -0.4 is 10.1 Å². The molecule has 0 saturated carbocycles. The van der Waals surface area contributed by atoms with E-state index in [1.165, 1.54) is 41.7 Å². The van der Waals surface area contributed by atoms with Gasteiger partial charge in [-0.1, -0.05) is 18.7 Å². The molecule has 1 amide bonds. The maximum Gasteiger partial charge on any atom is 0.246 e. The van der Waals surface area contributed by atoms with E-state index in [0.29, 0.717) is 30.0 Å². The quantitative estimate of drug-likeness (QED) is 0.136. The number of rotatable bonds is 8. The average Bonchev–Trinajstić information content (AvgIpc) is 3.72. The number of fused-ring (bicyclic) bond motifs is 3. The Balaban J connectivity index is 0.00000417. The topological polar surface area (TPSA) is 81.5 Å². The predicted octanol–water partition coefficient (Wildman–Crippen LogP) is 7.51. The van der Waals surface area contributed by atoms with Gasteiger partial charge in [0.2, 0.25) is 5.91 Å². The zero-order valence-electron chi connectivity index (χ0n) is 27.4. The molecule has 1 N–H and O–H groups in total. The van der Waals surface area contributed by atoms with Crippen molar-refractivity contribution in [2.45, 2.75) is 45.3 Å². The molecule has 0 fully saturated rings. The third kappa shape index (κ3) is 5.49. The van der Waals surface area contributed by atoms with E-state index in [2.05, 4.69) is 43.9 Å². The minimum atomic E-state index is -0.767. The number of benzene rings is 2. The van der Waals surface area contributed by atoms with E-state index in [-0.39, 0.29) is 43.4 Å². The smallest absolute Gasteiger partial charge is 0.246 e. The van der Waals surface area contributed by atoms with Crippen LogP contribution in [0.3, 0.4) is 0 Å². The molecule has 1 unspecified atom stereocenters. The first-order chi connectivity index (χ1) is 23.1. The molecule has 0 radical (unpaired) electrons. The van der Waals surface area contributed by atoms with Gasteiger partial charge in [-0.2, -0.15) is 5.10 Å². The summed E-state index contributed by atoms with van der Waals surface area (Å²) in [5.74, 6) is -1.62. The van der Waals surface area contributed by atoms with Crippen molar-refractivity contribution < 1.29 is 24.5 Å². The van der Waals surface area contributed by atoms with Crippen LogP contribution in [0.15, 0.2) is 60.5 Å². The molecule has 2 aliphatic heterocycles. The molecule has 3 aromatic heterocycles. The van der Waals surface area contributed by atoms with E-state index in [4.69, 9.17) is 19.6 Å². The Morgan fingerprint density at radius 3 is 2.77 bits per heavy atom. The summed E-state index contributed by atoms with van der Waals surface area (Å²) < 4.78 is 44.6. The van der Waals surface area contributed by atoms with Gasteiger partial charge in [0.25, 0.3) is 0 Å². The maximum absolute atomic E-state index is 16.1. The second-order valence-electron chi connectivity index (χ2n) is 12.7. The van der Waals surface area contributed by atoms with Gasteiger partial charge in [-0.3, -0.25) is 9.48 Å². The van der Waals surface area contributed by atoms with Crippen LogP contribution in [0, 0.1) is 11.6 Å². The lowest BCUT2D eigenvalue weighted by molar-refractivity contribution is -0.129. The number of methoxy groups -OCH3 is 1. The molecule has 250 valence electrons. The average molecular weight is 672 g/mol. The van der Waals surface area contributed by atoms with Crippen LogP contribution in [-0.4, -0.2) is 59.0 Å². The highest BCUT2D eigenvalue weighted by atomic mass is 32.1. The molecule has 2 aromatic carbocycles. The zero-order chi connectivity index (χ0) is 33.7. The van der Waals surface area contributed by atoms with Crippen molar-refractivity contribution in [2.75, 3.05) is 33.4 Å². The van der Waals surface area contributed by atoms with Gasteiger partial charge in [-0.05, 0) is 74.5 Å². The Hall–Kier alpha value is -4.45. The van der Waals surface area contributed by atoms with Crippen molar-refractivity contribution >= 4 is 27.3 Å². The van der Waals surface area contributed by atoms with E-state index >= 15 is 4.39 Å². The second kappa shape index (κ2) is 12.5. The highest BCUT2D eigenvalue weighted by molar-refractivity contribution is 7.18. The third-order valence-electron chi connectivity index (χ3n) is 9.39. The van der Waals surface area contributed by atoms with Crippen molar-refractivity contribution in [3.63, 3.8) is 0 Å². The van der Waals surface area contributed by atoms with Crippen molar-refractivity contribution in [1.82, 2.24) is 25.0 Å². The third-order valence-corrected chi connectivity index (χ3v) is 10.3. The van der Waals surface area contributed by atoms with Gasteiger partial charge in [0.1, 0.15) is 35.4 Å². The molecule has 5 heterocycles. The van der Waals surface area contributed by atoms with Gasteiger partial charge in [0.15, 0.2) is 0 Å². The Labute approximate surface area is 283 Å². The molecule has 48 heavy (non-hydrogen) atoms. The lowest BCUT2D eigenvalue weighted by Gasteiger charge is -2.34. The fourth-order valence-electron chi connectivity index (χ4n) is 7.00. The van der Waals surface area contributed by atoms with Crippen LogP contribution in [0.2, 0.25) is 0 Å². The van der Waals surface area contributed by atoms with Crippen molar-refractivity contribution in [1.29, 1.82) is 0 Å². The van der Waals surface area contributed by atoms with Crippen LogP contribution in [0.5, 0.6) is 5.75 Å². The minimum absolute atomic E-state index is 0. The van der Waals surface area contributed by atoms with Gasteiger partial charge in [-0.25, -0.2) is 13.8 Å². The summed E-state index contributed by atoms with van der Waals surface area (Å²) in [5, 5.41) is 11.4. The Morgan fingerprint density at radius 2 is 1.98 bits per heavy atom. The Kier molecular flexibility index (Phi) is 8.39. The van der Waals surface area contributed by atoms with Gasteiger partial charge < -0.3 is 19.7 Å². The largest absolute Gasteiger partial charge is 0.490 e. The molecule has 2 aliphatic rings.